The minimum Gasteiger partial charge on any atom is -0.480 e. The molecule has 0 aromatic carbocycles. The standard InChI is InChI=1S/C14H21N3O2/c1-14(2,12(18)19)17-13-15-8-11(9-16-13)10-6-4-3-5-7-10/h8-10H,3-7H2,1-2H3,(H,18,19)(H,15,16,17). The lowest BCUT2D eigenvalue weighted by molar-refractivity contribution is -0.141. The van der Waals surface area contributed by atoms with Crippen molar-refractivity contribution in [3.8, 4) is 0 Å². The average molecular weight is 263 g/mol. The van der Waals surface area contributed by atoms with Gasteiger partial charge in [0.05, 0.1) is 0 Å². The van der Waals surface area contributed by atoms with Gasteiger partial charge in [-0.15, -0.1) is 0 Å². The predicted octanol–water partition coefficient (Wildman–Crippen LogP) is 2.80. The van der Waals surface area contributed by atoms with Crippen LogP contribution in [0.4, 0.5) is 5.95 Å². The lowest BCUT2D eigenvalue weighted by atomic mass is 9.85. The van der Waals surface area contributed by atoms with Crippen molar-refractivity contribution in [3.63, 3.8) is 0 Å². The van der Waals surface area contributed by atoms with Crippen molar-refractivity contribution >= 4 is 11.9 Å². The summed E-state index contributed by atoms with van der Waals surface area (Å²) in [5, 5.41) is 11.9. The lowest BCUT2D eigenvalue weighted by Gasteiger charge is -2.23. The van der Waals surface area contributed by atoms with E-state index in [2.05, 4.69) is 15.3 Å². The van der Waals surface area contributed by atoms with Crippen molar-refractivity contribution in [2.75, 3.05) is 5.32 Å². The van der Waals surface area contributed by atoms with Crippen LogP contribution in [0.2, 0.25) is 0 Å². The van der Waals surface area contributed by atoms with Crippen LogP contribution in [0, 0.1) is 0 Å². The molecule has 0 amide bonds. The Labute approximate surface area is 113 Å². The summed E-state index contributed by atoms with van der Waals surface area (Å²) in [4.78, 5) is 19.5. The van der Waals surface area contributed by atoms with Gasteiger partial charge in [-0.2, -0.15) is 0 Å². The third-order valence-corrected chi connectivity index (χ3v) is 3.71. The van der Waals surface area contributed by atoms with Crippen LogP contribution in [0.5, 0.6) is 0 Å². The molecule has 1 fully saturated rings. The van der Waals surface area contributed by atoms with E-state index >= 15 is 0 Å². The highest BCUT2D eigenvalue weighted by Gasteiger charge is 2.27. The molecule has 0 unspecified atom stereocenters. The number of carboxylic acid groups (broad SMARTS) is 1. The Morgan fingerprint density at radius 2 is 1.84 bits per heavy atom. The second-order valence-electron chi connectivity index (χ2n) is 5.73. The van der Waals surface area contributed by atoms with Crippen molar-refractivity contribution < 1.29 is 9.90 Å². The number of rotatable bonds is 4. The maximum absolute atomic E-state index is 11.0. The number of carbonyl (C=O) groups is 1. The topological polar surface area (TPSA) is 75.1 Å². The van der Waals surface area contributed by atoms with Gasteiger partial charge in [0.2, 0.25) is 5.95 Å². The van der Waals surface area contributed by atoms with Crippen LogP contribution < -0.4 is 5.32 Å². The average Bonchev–Trinajstić information content (AvgIpc) is 2.40. The third kappa shape index (κ3) is 3.43. The van der Waals surface area contributed by atoms with Gasteiger partial charge < -0.3 is 10.4 Å². The Kier molecular flexibility index (Phi) is 4.02. The zero-order valence-electron chi connectivity index (χ0n) is 11.5. The van der Waals surface area contributed by atoms with E-state index in [1.54, 1.807) is 13.8 Å². The summed E-state index contributed by atoms with van der Waals surface area (Å²) in [6.45, 7) is 3.18. The normalized spacial score (nSPS) is 17.2. The molecule has 104 valence electrons. The van der Waals surface area contributed by atoms with E-state index in [0.29, 0.717) is 11.9 Å². The number of nitrogens with zero attached hydrogens (tertiary/aromatic N) is 2. The number of aromatic nitrogens is 2. The van der Waals surface area contributed by atoms with Crippen molar-refractivity contribution in [1.82, 2.24) is 9.97 Å². The zero-order valence-corrected chi connectivity index (χ0v) is 11.5. The van der Waals surface area contributed by atoms with Crippen molar-refractivity contribution in [3.05, 3.63) is 18.0 Å². The van der Waals surface area contributed by atoms with Crippen LogP contribution in [0.3, 0.4) is 0 Å². The Balaban J connectivity index is 2.04. The van der Waals surface area contributed by atoms with E-state index in [0.717, 1.165) is 0 Å². The summed E-state index contributed by atoms with van der Waals surface area (Å²) >= 11 is 0. The molecule has 1 aromatic rings. The van der Waals surface area contributed by atoms with Crippen LogP contribution in [-0.4, -0.2) is 26.6 Å². The van der Waals surface area contributed by atoms with E-state index in [-0.39, 0.29) is 0 Å². The summed E-state index contributed by atoms with van der Waals surface area (Å²) in [5.41, 5.74) is 0.102. The Hall–Kier alpha value is -1.65. The molecule has 1 aliphatic rings. The van der Waals surface area contributed by atoms with Crippen LogP contribution in [0.1, 0.15) is 57.4 Å². The SMILES string of the molecule is CC(C)(Nc1ncc(C2CCCCC2)cn1)C(=O)O. The molecular formula is C14H21N3O2. The molecule has 0 saturated heterocycles. The summed E-state index contributed by atoms with van der Waals surface area (Å²) < 4.78 is 0. The van der Waals surface area contributed by atoms with E-state index < -0.39 is 11.5 Å². The van der Waals surface area contributed by atoms with Crippen LogP contribution in [0.25, 0.3) is 0 Å². The number of anilines is 1. The van der Waals surface area contributed by atoms with Gasteiger partial charge in [-0.05, 0) is 38.2 Å². The lowest BCUT2D eigenvalue weighted by Crippen LogP contribution is -2.40. The molecule has 1 aromatic heterocycles. The number of aliphatic carboxylic acids is 1. The zero-order chi connectivity index (χ0) is 13.9. The maximum atomic E-state index is 11.0. The highest BCUT2D eigenvalue weighted by Crippen LogP contribution is 2.31. The Morgan fingerprint density at radius 3 is 2.37 bits per heavy atom. The van der Waals surface area contributed by atoms with Gasteiger partial charge in [0.1, 0.15) is 5.54 Å². The summed E-state index contributed by atoms with van der Waals surface area (Å²) in [5.74, 6) is 0.00898. The number of hydrogen-bond donors (Lipinski definition) is 2. The fourth-order valence-electron chi connectivity index (χ4n) is 2.38. The molecule has 1 aliphatic carbocycles. The van der Waals surface area contributed by atoms with E-state index in [1.807, 2.05) is 12.4 Å². The van der Waals surface area contributed by atoms with E-state index in [4.69, 9.17) is 5.11 Å². The van der Waals surface area contributed by atoms with Crippen LogP contribution in [0.15, 0.2) is 12.4 Å². The molecule has 19 heavy (non-hydrogen) atoms. The minimum absolute atomic E-state index is 0.368. The fourth-order valence-corrected chi connectivity index (χ4v) is 2.38. The maximum Gasteiger partial charge on any atom is 0.328 e. The van der Waals surface area contributed by atoms with E-state index in [9.17, 15) is 4.79 Å². The molecule has 1 saturated carbocycles. The fraction of sp³-hybridized carbons (Fsp3) is 0.643. The molecule has 0 aliphatic heterocycles. The number of nitrogens with one attached hydrogen (secondary N) is 1. The monoisotopic (exact) mass is 263 g/mol. The molecule has 0 radical (unpaired) electrons. The Morgan fingerprint density at radius 1 is 1.26 bits per heavy atom. The molecule has 2 rings (SSSR count). The number of hydrogen-bond acceptors (Lipinski definition) is 4. The summed E-state index contributed by atoms with van der Waals surface area (Å²) in [7, 11) is 0. The number of carboxylic acids is 1. The van der Waals surface area contributed by atoms with Gasteiger partial charge in [0.25, 0.3) is 0 Å². The van der Waals surface area contributed by atoms with Gasteiger partial charge in [0, 0.05) is 12.4 Å². The smallest absolute Gasteiger partial charge is 0.328 e. The summed E-state index contributed by atoms with van der Waals surface area (Å²) in [6, 6.07) is 0. The molecule has 0 bridgehead atoms. The van der Waals surface area contributed by atoms with Gasteiger partial charge >= 0.3 is 5.97 Å². The second kappa shape index (κ2) is 5.55. The first-order valence-electron chi connectivity index (χ1n) is 6.82. The van der Waals surface area contributed by atoms with Crippen molar-refractivity contribution in [2.24, 2.45) is 0 Å². The molecular weight excluding hydrogens is 242 g/mol. The molecule has 5 nitrogen and oxygen atoms in total. The van der Waals surface area contributed by atoms with Crippen LogP contribution in [-0.2, 0) is 4.79 Å². The summed E-state index contributed by atoms with van der Waals surface area (Å²) in [6.07, 6.45) is 9.93. The molecule has 5 heteroatoms. The quantitative estimate of drug-likeness (QED) is 0.873. The first-order chi connectivity index (χ1) is 8.99. The molecule has 2 N–H and O–H groups in total. The van der Waals surface area contributed by atoms with Gasteiger partial charge in [0.15, 0.2) is 0 Å². The molecule has 0 spiro atoms. The largest absolute Gasteiger partial charge is 0.480 e. The molecule has 1 heterocycles. The third-order valence-electron chi connectivity index (χ3n) is 3.71. The first kappa shape index (κ1) is 13.8. The van der Waals surface area contributed by atoms with Gasteiger partial charge in [-0.25, -0.2) is 14.8 Å². The van der Waals surface area contributed by atoms with Crippen molar-refractivity contribution in [2.45, 2.75) is 57.4 Å². The van der Waals surface area contributed by atoms with Crippen LogP contribution >= 0.6 is 0 Å². The first-order valence-corrected chi connectivity index (χ1v) is 6.82. The van der Waals surface area contributed by atoms with Crippen molar-refractivity contribution in [1.29, 1.82) is 0 Å². The van der Waals surface area contributed by atoms with E-state index in [1.165, 1.54) is 37.7 Å². The predicted molar refractivity (Wildman–Crippen MR) is 73.2 cm³/mol. The Bertz CT molecular complexity index is 437. The second-order valence-corrected chi connectivity index (χ2v) is 5.73. The molecule has 0 atom stereocenters. The van der Waals surface area contributed by atoms with Gasteiger partial charge in [-0.1, -0.05) is 19.3 Å². The van der Waals surface area contributed by atoms with Gasteiger partial charge in [-0.3, -0.25) is 0 Å². The highest BCUT2D eigenvalue weighted by atomic mass is 16.4. The highest BCUT2D eigenvalue weighted by molar-refractivity contribution is 5.80. The minimum atomic E-state index is -1.06.